The van der Waals surface area contributed by atoms with Crippen LogP contribution in [-0.2, 0) is 13.0 Å². The third-order valence-corrected chi connectivity index (χ3v) is 2.65. The van der Waals surface area contributed by atoms with Crippen molar-refractivity contribution in [2.45, 2.75) is 19.1 Å². The molecule has 0 fully saturated rings. The van der Waals surface area contributed by atoms with Gasteiger partial charge >= 0.3 is 6.18 Å². The van der Waals surface area contributed by atoms with Gasteiger partial charge in [0.05, 0.1) is 20.2 Å². The number of methoxy groups -OCH3 is 1. The van der Waals surface area contributed by atoms with Crippen LogP contribution in [0.25, 0.3) is 0 Å². The van der Waals surface area contributed by atoms with Crippen LogP contribution >= 0.6 is 0 Å². The van der Waals surface area contributed by atoms with Crippen LogP contribution in [0.1, 0.15) is 17.3 Å². The smallest absolute Gasteiger partial charge is 0.401 e. The molecule has 0 aliphatic carbocycles. The molecule has 0 radical (unpaired) electrons. The summed E-state index contributed by atoms with van der Waals surface area (Å²) in [6.07, 6.45) is -3.88. The number of benzene rings is 1. The maximum absolute atomic E-state index is 12.0. The van der Waals surface area contributed by atoms with E-state index < -0.39 is 12.7 Å². The molecule has 1 heterocycles. The Labute approximate surface area is 119 Å². The molecule has 2 aromatic rings. The van der Waals surface area contributed by atoms with Gasteiger partial charge in [0.25, 0.3) is 0 Å². The number of alkyl halides is 3. The fraction of sp³-hybridized carbons (Fsp3) is 0.385. The second-order valence-corrected chi connectivity index (χ2v) is 4.31. The summed E-state index contributed by atoms with van der Waals surface area (Å²) in [7, 11) is 1.56. The van der Waals surface area contributed by atoms with Crippen LogP contribution < -0.4 is 10.1 Å². The number of hydrogen-bond donors (Lipinski definition) is 1. The fourth-order valence-corrected chi connectivity index (χ4v) is 1.76. The minimum absolute atomic E-state index is 0.115. The first-order valence-electron chi connectivity index (χ1n) is 6.19. The average molecular weight is 301 g/mol. The number of nitrogens with zero attached hydrogens (tertiary/aromatic N) is 2. The van der Waals surface area contributed by atoms with Crippen molar-refractivity contribution in [2.24, 2.45) is 0 Å². The van der Waals surface area contributed by atoms with E-state index in [-0.39, 0.29) is 12.4 Å². The number of rotatable bonds is 6. The Hall–Kier alpha value is -2.09. The van der Waals surface area contributed by atoms with E-state index in [0.717, 1.165) is 5.56 Å². The lowest BCUT2D eigenvalue weighted by atomic mass is 10.1. The SMILES string of the molecule is COc1ccccc1Cc1noc(CNCC(F)(F)F)n1. The zero-order valence-corrected chi connectivity index (χ0v) is 11.3. The van der Waals surface area contributed by atoms with Crippen molar-refractivity contribution in [1.29, 1.82) is 0 Å². The van der Waals surface area contributed by atoms with Gasteiger partial charge in [-0.25, -0.2) is 0 Å². The molecule has 0 aliphatic rings. The zero-order valence-electron chi connectivity index (χ0n) is 11.3. The lowest BCUT2D eigenvalue weighted by Gasteiger charge is -2.05. The van der Waals surface area contributed by atoms with E-state index in [1.165, 1.54) is 0 Å². The number of aromatic nitrogens is 2. The van der Waals surface area contributed by atoms with Gasteiger partial charge in [0.1, 0.15) is 5.75 Å². The predicted molar refractivity (Wildman–Crippen MR) is 67.9 cm³/mol. The summed E-state index contributed by atoms with van der Waals surface area (Å²) in [5.74, 6) is 1.20. The molecule has 114 valence electrons. The van der Waals surface area contributed by atoms with Crippen LogP contribution in [0, 0.1) is 0 Å². The number of hydrogen-bond acceptors (Lipinski definition) is 5. The predicted octanol–water partition coefficient (Wildman–Crippen LogP) is 2.32. The Kier molecular flexibility index (Phi) is 4.79. The average Bonchev–Trinajstić information content (AvgIpc) is 2.85. The minimum atomic E-state index is -4.26. The Bertz CT molecular complexity index is 584. The molecule has 0 saturated carbocycles. The Balaban J connectivity index is 1.94. The molecular weight excluding hydrogens is 287 g/mol. The maximum atomic E-state index is 12.0. The van der Waals surface area contributed by atoms with Crippen molar-refractivity contribution in [1.82, 2.24) is 15.5 Å². The molecule has 8 heteroatoms. The number of halogens is 3. The molecule has 1 aromatic heterocycles. The summed E-state index contributed by atoms with van der Waals surface area (Å²) in [4.78, 5) is 4.04. The molecular formula is C13H14F3N3O2. The quantitative estimate of drug-likeness (QED) is 0.887. The van der Waals surface area contributed by atoms with Crippen molar-refractivity contribution in [3.8, 4) is 5.75 Å². The van der Waals surface area contributed by atoms with Gasteiger partial charge in [-0.15, -0.1) is 0 Å². The molecule has 0 unspecified atom stereocenters. The van der Waals surface area contributed by atoms with E-state index >= 15 is 0 Å². The summed E-state index contributed by atoms with van der Waals surface area (Å²) in [6, 6.07) is 7.35. The van der Waals surface area contributed by atoms with E-state index in [1.807, 2.05) is 18.2 Å². The van der Waals surface area contributed by atoms with Gasteiger partial charge in [-0.1, -0.05) is 23.4 Å². The van der Waals surface area contributed by atoms with Crippen molar-refractivity contribution in [2.75, 3.05) is 13.7 Å². The van der Waals surface area contributed by atoms with Gasteiger partial charge in [0.15, 0.2) is 5.82 Å². The van der Waals surface area contributed by atoms with Gasteiger partial charge in [-0.05, 0) is 6.07 Å². The van der Waals surface area contributed by atoms with Crippen LogP contribution in [0.3, 0.4) is 0 Å². The van der Waals surface area contributed by atoms with Gasteiger partial charge in [0, 0.05) is 12.0 Å². The van der Waals surface area contributed by atoms with E-state index in [0.29, 0.717) is 18.0 Å². The molecule has 1 aromatic carbocycles. The normalized spacial score (nSPS) is 11.6. The van der Waals surface area contributed by atoms with Gasteiger partial charge in [-0.2, -0.15) is 18.2 Å². The number of ether oxygens (including phenoxy) is 1. The molecule has 0 aliphatic heterocycles. The van der Waals surface area contributed by atoms with Gasteiger partial charge in [0.2, 0.25) is 5.89 Å². The fourth-order valence-electron chi connectivity index (χ4n) is 1.76. The molecule has 2 rings (SSSR count). The van der Waals surface area contributed by atoms with E-state index in [1.54, 1.807) is 13.2 Å². The Morgan fingerprint density at radius 2 is 2.05 bits per heavy atom. The van der Waals surface area contributed by atoms with Crippen LogP contribution in [0.5, 0.6) is 5.75 Å². The van der Waals surface area contributed by atoms with Gasteiger partial charge in [-0.3, -0.25) is 0 Å². The Morgan fingerprint density at radius 3 is 2.76 bits per heavy atom. The highest BCUT2D eigenvalue weighted by molar-refractivity contribution is 5.35. The van der Waals surface area contributed by atoms with Crippen LogP contribution in [0.15, 0.2) is 28.8 Å². The summed E-state index contributed by atoms with van der Waals surface area (Å²) in [6.45, 7) is -1.23. The second-order valence-electron chi connectivity index (χ2n) is 4.31. The molecule has 0 bridgehead atoms. The third-order valence-electron chi connectivity index (χ3n) is 2.65. The largest absolute Gasteiger partial charge is 0.496 e. The molecule has 0 amide bonds. The minimum Gasteiger partial charge on any atom is -0.496 e. The van der Waals surface area contributed by atoms with Gasteiger partial charge < -0.3 is 14.6 Å². The first kappa shape index (κ1) is 15.3. The first-order valence-corrected chi connectivity index (χ1v) is 6.19. The topological polar surface area (TPSA) is 60.2 Å². The Morgan fingerprint density at radius 1 is 1.29 bits per heavy atom. The zero-order chi connectivity index (χ0) is 15.3. The van der Waals surface area contributed by atoms with Crippen molar-refractivity contribution < 1.29 is 22.4 Å². The maximum Gasteiger partial charge on any atom is 0.401 e. The second kappa shape index (κ2) is 6.57. The van der Waals surface area contributed by atoms with E-state index in [9.17, 15) is 13.2 Å². The molecule has 0 saturated heterocycles. The van der Waals surface area contributed by atoms with Crippen molar-refractivity contribution >= 4 is 0 Å². The number of nitrogens with one attached hydrogen (secondary N) is 1. The van der Waals surface area contributed by atoms with E-state index in [4.69, 9.17) is 9.26 Å². The highest BCUT2D eigenvalue weighted by Gasteiger charge is 2.26. The molecule has 5 nitrogen and oxygen atoms in total. The monoisotopic (exact) mass is 301 g/mol. The lowest BCUT2D eigenvalue weighted by Crippen LogP contribution is -2.28. The van der Waals surface area contributed by atoms with Crippen molar-refractivity contribution in [3.05, 3.63) is 41.5 Å². The first-order chi connectivity index (χ1) is 9.98. The summed E-state index contributed by atoms with van der Waals surface area (Å²) >= 11 is 0. The molecule has 0 spiro atoms. The highest BCUT2D eigenvalue weighted by atomic mass is 19.4. The summed E-state index contributed by atoms with van der Waals surface area (Å²) in [5, 5.41) is 5.93. The third kappa shape index (κ3) is 4.75. The number of para-hydroxylation sites is 1. The summed E-state index contributed by atoms with van der Waals surface area (Å²) < 4.78 is 46.1. The highest BCUT2D eigenvalue weighted by Crippen LogP contribution is 2.19. The van der Waals surface area contributed by atoms with Crippen LogP contribution in [-0.4, -0.2) is 30.0 Å². The molecule has 0 atom stereocenters. The standard InChI is InChI=1S/C13H14F3N3O2/c1-20-10-5-3-2-4-9(10)6-11-18-12(21-19-11)7-17-8-13(14,15)16/h2-5,17H,6-8H2,1H3. The van der Waals surface area contributed by atoms with Crippen LogP contribution in [0.2, 0.25) is 0 Å². The van der Waals surface area contributed by atoms with E-state index in [2.05, 4.69) is 15.5 Å². The van der Waals surface area contributed by atoms with Crippen molar-refractivity contribution in [3.63, 3.8) is 0 Å². The summed E-state index contributed by atoms with van der Waals surface area (Å²) in [5.41, 5.74) is 0.871. The van der Waals surface area contributed by atoms with Crippen LogP contribution in [0.4, 0.5) is 13.2 Å². The lowest BCUT2D eigenvalue weighted by molar-refractivity contribution is -0.125. The molecule has 21 heavy (non-hydrogen) atoms. The molecule has 1 N–H and O–H groups in total.